The summed E-state index contributed by atoms with van der Waals surface area (Å²) in [4.78, 5) is 16.8. The predicted octanol–water partition coefficient (Wildman–Crippen LogP) is 4.67. The Labute approximate surface area is 161 Å². The standard InChI is InChI=1S/C22H28N2O3/c1-4-7-16(2)15-27-19-11-9-18(10-12-19)20(14-25)22(26)24-17(3)21-8-5-6-13-23-21/h5-6,8-14,16-17,25H,4,7,15H2,1-3H3,(H,24,26)/t16-,17+/m0/s1. The average molecular weight is 368 g/mol. The molecular weight excluding hydrogens is 340 g/mol. The second-order valence-corrected chi connectivity index (χ2v) is 6.72. The van der Waals surface area contributed by atoms with Crippen molar-refractivity contribution in [2.75, 3.05) is 6.61 Å². The monoisotopic (exact) mass is 368 g/mol. The Hall–Kier alpha value is -2.82. The van der Waals surface area contributed by atoms with Crippen molar-refractivity contribution in [1.82, 2.24) is 10.3 Å². The fourth-order valence-electron chi connectivity index (χ4n) is 2.79. The van der Waals surface area contributed by atoms with Gasteiger partial charge >= 0.3 is 0 Å². The van der Waals surface area contributed by atoms with Crippen LogP contribution in [-0.4, -0.2) is 22.6 Å². The van der Waals surface area contributed by atoms with Crippen LogP contribution in [0.4, 0.5) is 0 Å². The van der Waals surface area contributed by atoms with E-state index in [0.717, 1.165) is 30.5 Å². The van der Waals surface area contributed by atoms with Crippen LogP contribution in [0.5, 0.6) is 5.75 Å². The molecule has 2 atom stereocenters. The summed E-state index contributed by atoms with van der Waals surface area (Å²) in [5.74, 6) is 0.892. The number of aliphatic hydroxyl groups is 1. The van der Waals surface area contributed by atoms with Crippen LogP contribution < -0.4 is 10.1 Å². The van der Waals surface area contributed by atoms with Crippen molar-refractivity contribution in [1.29, 1.82) is 0 Å². The van der Waals surface area contributed by atoms with Crippen molar-refractivity contribution >= 4 is 11.5 Å². The van der Waals surface area contributed by atoms with Gasteiger partial charge in [-0.25, -0.2) is 0 Å². The number of nitrogens with one attached hydrogen (secondary N) is 1. The first-order valence-electron chi connectivity index (χ1n) is 9.34. The largest absolute Gasteiger partial charge is 0.515 e. The number of ether oxygens (including phenoxy) is 1. The Morgan fingerprint density at radius 2 is 1.96 bits per heavy atom. The van der Waals surface area contributed by atoms with Crippen molar-refractivity contribution in [3.05, 3.63) is 66.2 Å². The molecule has 0 saturated heterocycles. The summed E-state index contributed by atoms with van der Waals surface area (Å²) in [6, 6.07) is 12.4. The van der Waals surface area contributed by atoms with Crippen molar-refractivity contribution in [2.45, 2.75) is 39.7 Å². The minimum Gasteiger partial charge on any atom is -0.515 e. The van der Waals surface area contributed by atoms with Crippen LogP contribution >= 0.6 is 0 Å². The first kappa shape index (κ1) is 20.5. The van der Waals surface area contributed by atoms with E-state index in [9.17, 15) is 9.90 Å². The minimum absolute atomic E-state index is 0.198. The summed E-state index contributed by atoms with van der Waals surface area (Å²) in [6.07, 6.45) is 4.78. The molecule has 2 N–H and O–H groups in total. The molecule has 0 aliphatic rings. The number of carbonyl (C=O) groups excluding carboxylic acids is 1. The molecule has 0 spiro atoms. The second-order valence-electron chi connectivity index (χ2n) is 6.72. The average Bonchev–Trinajstić information content (AvgIpc) is 2.69. The van der Waals surface area contributed by atoms with E-state index < -0.39 is 0 Å². The number of aromatic nitrogens is 1. The Kier molecular flexibility index (Phi) is 7.86. The van der Waals surface area contributed by atoms with Crippen LogP contribution in [0, 0.1) is 5.92 Å². The number of hydrogen-bond donors (Lipinski definition) is 2. The normalized spacial score (nSPS) is 13.7. The lowest BCUT2D eigenvalue weighted by atomic mass is 10.1. The molecule has 144 valence electrons. The molecule has 5 heteroatoms. The van der Waals surface area contributed by atoms with Crippen molar-refractivity contribution in [3.63, 3.8) is 0 Å². The van der Waals surface area contributed by atoms with Gasteiger partial charge < -0.3 is 15.2 Å². The highest BCUT2D eigenvalue weighted by molar-refractivity contribution is 6.19. The number of aliphatic hydroxyl groups excluding tert-OH is 1. The Bertz CT molecular complexity index is 742. The molecule has 2 aromatic rings. The topological polar surface area (TPSA) is 71.5 Å². The SMILES string of the molecule is CCC[C@H](C)COc1ccc(C(=CO)C(=O)N[C@H](C)c2ccccn2)cc1. The lowest BCUT2D eigenvalue weighted by molar-refractivity contribution is -0.116. The van der Waals surface area contributed by atoms with Crippen LogP contribution in [-0.2, 0) is 4.79 Å². The zero-order valence-electron chi connectivity index (χ0n) is 16.2. The lowest BCUT2D eigenvalue weighted by Gasteiger charge is -2.15. The van der Waals surface area contributed by atoms with Gasteiger partial charge in [-0.1, -0.05) is 38.5 Å². The highest BCUT2D eigenvalue weighted by Crippen LogP contribution is 2.21. The fraction of sp³-hybridized carbons (Fsp3) is 0.364. The van der Waals surface area contributed by atoms with Gasteiger partial charge in [0.2, 0.25) is 0 Å². The summed E-state index contributed by atoms with van der Waals surface area (Å²) in [5, 5.41) is 12.4. The van der Waals surface area contributed by atoms with Gasteiger partial charge in [0.1, 0.15) is 5.75 Å². The number of pyridine rings is 1. The third kappa shape index (κ3) is 6.13. The molecule has 0 fully saturated rings. The van der Waals surface area contributed by atoms with E-state index in [4.69, 9.17) is 4.74 Å². The van der Waals surface area contributed by atoms with E-state index in [1.54, 1.807) is 18.3 Å². The summed E-state index contributed by atoms with van der Waals surface area (Å²) in [5.41, 5.74) is 1.58. The van der Waals surface area contributed by atoms with Crippen LogP contribution in [0.3, 0.4) is 0 Å². The van der Waals surface area contributed by atoms with Gasteiger partial charge in [0.25, 0.3) is 5.91 Å². The first-order chi connectivity index (χ1) is 13.0. The van der Waals surface area contributed by atoms with E-state index in [-0.39, 0.29) is 17.5 Å². The lowest BCUT2D eigenvalue weighted by Crippen LogP contribution is -2.28. The van der Waals surface area contributed by atoms with Gasteiger partial charge in [0.05, 0.1) is 30.2 Å². The quantitative estimate of drug-likeness (QED) is 0.498. The molecule has 0 unspecified atom stereocenters. The van der Waals surface area contributed by atoms with E-state index in [1.807, 2.05) is 37.3 Å². The predicted molar refractivity (Wildman–Crippen MR) is 107 cm³/mol. The smallest absolute Gasteiger partial charge is 0.255 e. The summed E-state index contributed by atoms with van der Waals surface area (Å²) in [7, 11) is 0. The number of amides is 1. The van der Waals surface area contributed by atoms with Gasteiger partial charge in [-0.3, -0.25) is 9.78 Å². The van der Waals surface area contributed by atoms with Gasteiger partial charge in [-0.15, -0.1) is 0 Å². The fourth-order valence-corrected chi connectivity index (χ4v) is 2.79. The van der Waals surface area contributed by atoms with E-state index in [1.165, 1.54) is 0 Å². The molecule has 2 rings (SSSR count). The minimum atomic E-state index is -0.360. The Morgan fingerprint density at radius 1 is 1.22 bits per heavy atom. The van der Waals surface area contributed by atoms with Gasteiger partial charge in [-0.05, 0) is 49.1 Å². The number of carbonyl (C=O) groups is 1. The zero-order valence-corrected chi connectivity index (χ0v) is 16.2. The second kappa shape index (κ2) is 10.4. The maximum Gasteiger partial charge on any atom is 0.255 e. The Balaban J connectivity index is 1.99. The number of nitrogens with zero attached hydrogens (tertiary/aromatic N) is 1. The molecule has 0 saturated carbocycles. The van der Waals surface area contributed by atoms with Crippen LogP contribution in [0.2, 0.25) is 0 Å². The molecular formula is C22H28N2O3. The van der Waals surface area contributed by atoms with Crippen LogP contribution in [0.25, 0.3) is 5.57 Å². The Morgan fingerprint density at radius 3 is 2.56 bits per heavy atom. The zero-order chi connectivity index (χ0) is 19.6. The van der Waals surface area contributed by atoms with Crippen molar-refractivity contribution in [3.8, 4) is 5.75 Å². The molecule has 1 heterocycles. The maximum atomic E-state index is 12.5. The number of hydrogen-bond acceptors (Lipinski definition) is 4. The van der Waals surface area contributed by atoms with Crippen molar-refractivity contribution < 1.29 is 14.6 Å². The molecule has 0 aliphatic carbocycles. The molecule has 1 aromatic carbocycles. The van der Waals surface area contributed by atoms with Gasteiger partial charge in [0.15, 0.2) is 0 Å². The number of rotatable bonds is 9. The first-order valence-corrected chi connectivity index (χ1v) is 9.34. The number of benzene rings is 1. The van der Waals surface area contributed by atoms with E-state index in [2.05, 4.69) is 24.1 Å². The summed E-state index contributed by atoms with van der Waals surface area (Å²) >= 11 is 0. The molecule has 5 nitrogen and oxygen atoms in total. The maximum absolute atomic E-state index is 12.5. The highest BCUT2D eigenvalue weighted by Gasteiger charge is 2.16. The van der Waals surface area contributed by atoms with Crippen molar-refractivity contribution in [2.24, 2.45) is 5.92 Å². The third-order valence-corrected chi connectivity index (χ3v) is 4.33. The van der Waals surface area contributed by atoms with Crippen LogP contribution in [0.15, 0.2) is 54.9 Å². The molecule has 0 radical (unpaired) electrons. The molecule has 1 amide bonds. The molecule has 0 bridgehead atoms. The molecule has 0 aliphatic heterocycles. The summed E-state index contributed by atoms with van der Waals surface area (Å²) in [6.45, 7) is 6.84. The molecule has 27 heavy (non-hydrogen) atoms. The van der Waals surface area contributed by atoms with Gasteiger partial charge in [-0.2, -0.15) is 0 Å². The van der Waals surface area contributed by atoms with E-state index >= 15 is 0 Å². The highest BCUT2D eigenvalue weighted by atomic mass is 16.5. The van der Waals surface area contributed by atoms with E-state index in [0.29, 0.717) is 18.1 Å². The third-order valence-electron chi connectivity index (χ3n) is 4.33. The van der Waals surface area contributed by atoms with Crippen LogP contribution in [0.1, 0.15) is 50.9 Å². The van der Waals surface area contributed by atoms with Gasteiger partial charge in [0, 0.05) is 6.20 Å². The molecule has 1 aromatic heterocycles. The summed E-state index contributed by atoms with van der Waals surface area (Å²) < 4.78 is 5.78.